The fourth-order valence-electron chi connectivity index (χ4n) is 2.85. The van der Waals surface area contributed by atoms with E-state index >= 15 is 0 Å². The number of hydrogen-bond acceptors (Lipinski definition) is 5. The van der Waals surface area contributed by atoms with E-state index in [-0.39, 0.29) is 11.7 Å². The molecule has 0 aliphatic carbocycles. The highest BCUT2D eigenvalue weighted by Crippen LogP contribution is 2.33. The summed E-state index contributed by atoms with van der Waals surface area (Å²) in [5.74, 6) is 0.685. The molecule has 1 N–H and O–H groups in total. The highest BCUT2D eigenvalue weighted by Gasteiger charge is 2.28. The molecule has 0 saturated carbocycles. The Morgan fingerprint density at radius 2 is 2.32 bits per heavy atom. The van der Waals surface area contributed by atoms with Crippen molar-refractivity contribution in [2.24, 2.45) is 20.0 Å². The molecule has 0 aromatic carbocycles. The van der Waals surface area contributed by atoms with Gasteiger partial charge in [0.05, 0.1) is 12.3 Å². The van der Waals surface area contributed by atoms with Gasteiger partial charge in [-0.05, 0) is 12.8 Å². The molecule has 2 atom stereocenters. The zero-order valence-corrected chi connectivity index (χ0v) is 12.9. The number of ether oxygens (including phenoxy) is 1. The molecule has 1 saturated heterocycles. The summed E-state index contributed by atoms with van der Waals surface area (Å²) in [7, 11) is 3.62. The second-order valence-corrected chi connectivity index (χ2v) is 5.71. The van der Waals surface area contributed by atoms with Gasteiger partial charge in [-0.15, -0.1) is 0 Å². The van der Waals surface area contributed by atoms with Crippen molar-refractivity contribution in [2.75, 3.05) is 18.5 Å². The Bertz CT molecular complexity index is 693. The van der Waals surface area contributed by atoms with Crippen molar-refractivity contribution in [2.45, 2.75) is 18.9 Å². The maximum absolute atomic E-state index is 12.0. The van der Waals surface area contributed by atoms with Crippen LogP contribution in [0.15, 0.2) is 29.6 Å². The largest absolute Gasteiger partial charge is 0.373 e. The lowest BCUT2D eigenvalue weighted by Gasteiger charge is -2.31. The number of anilines is 1. The van der Waals surface area contributed by atoms with Gasteiger partial charge >= 0.3 is 0 Å². The molecular formula is C15H21N5O2. The summed E-state index contributed by atoms with van der Waals surface area (Å²) in [5.41, 5.74) is 0.972. The Hall–Kier alpha value is -2.15. The SMILES string of the molecule is Cn1cc([C@@H]2OCCC[C@H]2CNc2nccn(C)c2=O)cn1. The standard InChI is InChI=1S/C15H21N5O2/c1-19-6-5-16-14(15(19)21)17-8-11-4-3-7-22-13(11)12-9-18-20(2)10-12/h5-6,9-11,13H,3-4,7-8H2,1-2H3,(H,16,17)/t11-,13+/m0/s1. The number of hydrogen-bond donors (Lipinski definition) is 1. The Morgan fingerprint density at radius 1 is 1.45 bits per heavy atom. The second-order valence-electron chi connectivity index (χ2n) is 5.71. The van der Waals surface area contributed by atoms with Gasteiger partial charge in [0.25, 0.3) is 5.56 Å². The van der Waals surface area contributed by atoms with Crippen LogP contribution in [0.25, 0.3) is 0 Å². The Morgan fingerprint density at radius 3 is 3.09 bits per heavy atom. The predicted molar refractivity (Wildman–Crippen MR) is 82.6 cm³/mol. The molecule has 1 fully saturated rings. The van der Waals surface area contributed by atoms with Crippen molar-refractivity contribution in [1.29, 1.82) is 0 Å². The van der Waals surface area contributed by atoms with E-state index in [1.165, 1.54) is 4.57 Å². The first-order chi connectivity index (χ1) is 10.6. The minimum atomic E-state index is -0.114. The molecule has 7 nitrogen and oxygen atoms in total. The second kappa shape index (κ2) is 6.31. The van der Waals surface area contributed by atoms with Crippen LogP contribution < -0.4 is 10.9 Å². The predicted octanol–water partition coefficient (Wildman–Crippen LogP) is 1.09. The van der Waals surface area contributed by atoms with E-state index < -0.39 is 0 Å². The summed E-state index contributed by atoms with van der Waals surface area (Å²) in [6, 6.07) is 0. The molecule has 22 heavy (non-hydrogen) atoms. The van der Waals surface area contributed by atoms with Crippen LogP contribution >= 0.6 is 0 Å². The maximum atomic E-state index is 12.0. The van der Waals surface area contributed by atoms with Gasteiger partial charge in [-0.25, -0.2) is 4.98 Å². The van der Waals surface area contributed by atoms with Crippen LogP contribution in [-0.2, 0) is 18.8 Å². The maximum Gasteiger partial charge on any atom is 0.293 e. The monoisotopic (exact) mass is 303 g/mol. The van der Waals surface area contributed by atoms with E-state index in [0.29, 0.717) is 18.3 Å². The van der Waals surface area contributed by atoms with Crippen LogP contribution in [0.1, 0.15) is 24.5 Å². The van der Waals surface area contributed by atoms with Gasteiger partial charge in [0.2, 0.25) is 0 Å². The molecule has 118 valence electrons. The fraction of sp³-hybridized carbons (Fsp3) is 0.533. The van der Waals surface area contributed by atoms with Crippen LogP contribution in [0.5, 0.6) is 0 Å². The van der Waals surface area contributed by atoms with Crippen LogP contribution in [-0.4, -0.2) is 32.5 Å². The lowest BCUT2D eigenvalue weighted by Crippen LogP contribution is -2.30. The Kier molecular flexibility index (Phi) is 4.24. The van der Waals surface area contributed by atoms with Gasteiger partial charge in [0.1, 0.15) is 0 Å². The van der Waals surface area contributed by atoms with Crippen LogP contribution in [0.3, 0.4) is 0 Å². The minimum Gasteiger partial charge on any atom is -0.373 e. The first kappa shape index (κ1) is 14.8. The normalized spacial score (nSPS) is 21.7. The molecule has 3 rings (SSSR count). The van der Waals surface area contributed by atoms with Gasteiger partial charge in [-0.1, -0.05) is 0 Å². The van der Waals surface area contributed by atoms with E-state index in [4.69, 9.17) is 4.74 Å². The Balaban J connectivity index is 1.72. The molecule has 0 spiro atoms. The van der Waals surface area contributed by atoms with Gasteiger partial charge in [-0.3, -0.25) is 9.48 Å². The lowest BCUT2D eigenvalue weighted by atomic mass is 9.91. The first-order valence-corrected chi connectivity index (χ1v) is 7.51. The van der Waals surface area contributed by atoms with E-state index in [2.05, 4.69) is 15.4 Å². The van der Waals surface area contributed by atoms with Gasteiger partial charge in [-0.2, -0.15) is 5.10 Å². The molecule has 2 aromatic rings. The third-order valence-electron chi connectivity index (χ3n) is 4.05. The molecule has 1 aliphatic heterocycles. The summed E-state index contributed by atoms with van der Waals surface area (Å²) >= 11 is 0. The lowest BCUT2D eigenvalue weighted by molar-refractivity contribution is -0.0239. The number of nitrogens with zero attached hydrogens (tertiary/aromatic N) is 4. The van der Waals surface area contributed by atoms with Crippen molar-refractivity contribution in [3.8, 4) is 0 Å². The zero-order valence-electron chi connectivity index (χ0n) is 12.9. The van der Waals surface area contributed by atoms with Crippen LogP contribution in [0.2, 0.25) is 0 Å². The van der Waals surface area contributed by atoms with Crippen molar-refractivity contribution in [3.05, 3.63) is 40.7 Å². The smallest absolute Gasteiger partial charge is 0.293 e. The quantitative estimate of drug-likeness (QED) is 0.915. The highest BCUT2D eigenvalue weighted by atomic mass is 16.5. The zero-order chi connectivity index (χ0) is 15.5. The van der Waals surface area contributed by atoms with E-state index in [1.54, 1.807) is 24.1 Å². The fourth-order valence-corrected chi connectivity index (χ4v) is 2.85. The Labute approximate surface area is 128 Å². The molecule has 0 unspecified atom stereocenters. The van der Waals surface area contributed by atoms with Crippen LogP contribution in [0, 0.1) is 5.92 Å². The number of nitrogens with one attached hydrogen (secondary N) is 1. The van der Waals surface area contributed by atoms with E-state index in [0.717, 1.165) is 25.0 Å². The van der Waals surface area contributed by atoms with Crippen molar-refractivity contribution < 1.29 is 4.74 Å². The molecule has 1 aliphatic rings. The molecule has 2 aromatic heterocycles. The number of aromatic nitrogens is 4. The van der Waals surface area contributed by atoms with E-state index in [1.807, 2.05) is 19.4 Å². The highest BCUT2D eigenvalue weighted by molar-refractivity contribution is 5.31. The average Bonchev–Trinajstić information content (AvgIpc) is 2.95. The number of aryl methyl sites for hydroxylation is 2. The summed E-state index contributed by atoms with van der Waals surface area (Å²) in [5, 5.41) is 7.40. The molecule has 0 bridgehead atoms. The summed E-state index contributed by atoms with van der Waals surface area (Å²) in [4.78, 5) is 16.1. The van der Waals surface area contributed by atoms with Crippen LogP contribution in [0.4, 0.5) is 5.82 Å². The topological polar surface area (TPSA) is 74.0 Å². The van der Waals surface area contributed by atoms with Gasteiger partial charge in [0.15, 0.2) is 5.82 Å². The minimum absolute atomic E-state index is 0.0162. The van der Waals surface area contributed by atoms with Gasteiger partial charge in [0, 0.05) is 57.3 Å². The summed E-state index contributed by atoms with van der Waals surface area (Å²) in [6.45, 7) is 1.42. The van der Waals surface area contributed by atoms with Crippen molar-refractivity contribution >= 4 is 5.82 Å². The summed E-state index contributed by atoms with van der Waals surface area (Å²) < 4.78 is 9.24. The molecule has 0 radical (unpaired) electrons. The van der Waals surface area contributed by atoms with Crippen molar-refractivity contribution in [3.63, 3.8) is 0 Å². The van der Waals surface area contributed by atoms with Gasteiger partial charge < -0.3 is 14.6 Å². The average molecular weight is 303 g/mol. The molecule has 7 heteroatoms. The molecule has 0 amide bonds. The first-order valence-electron chi connectivity index (χ1n) is 7.51. The van der Waals surface area contributed by atoms with Crippen molar-refractivity contribution in [1.82, 2.24) is 19.3 Å². The third kappa shape index (κ3) is 3.04. The number of rotatable bonds is 4. The molecule has 3 heterocycles. The summed E-state index contributed by atoms with van der Waals surface area (Å²) in [6.07, 6.45) is 9.21. The van der Waals surface area contributed by atoms with E-state index in [9.17, 15) is 4.79 Å². The third-order valence-corrected chi connectivity index (χ3v) is 4.05. The molecular weight excluding hydrogens is 282 g/mol.